The molecule has 0 radical (unpaired) electrons. The second kappa shape index (κ2) is 4.33. The molecule has 92 valence electrons. The lowest BCUT2D eigenvalue weighted by molar-refractivity contribution is -0.139. The van der Waals surface area contributed by atoms with Gasteiger partial charge in [0, 0.05) is 0 Å². The number of hydrogen-bond acceptors (Lipinski definition) is 4. The van der Waals surface area contributed by atoms with E-state index in [0.29, 0.717) is 30.4 Å². The van der Waals surface area contributed by atoms with E-state index in [1.54, 1.807) is 0 Å². The van der Waals surface area contributed by atoms with Crippen molar-refractivity contribution in [2.45, 2.75) is 25.3 Å². The zero-order valence-electron chi connectivity index (χ0n) is 9.05. The zero-order valence-corrected chi connectivity index (χ0v) is 9.87. The van der Waals surface area contributed by atoms with Gasteiger partial charge < -0.3 is 10.4 Å². The normalized spacial score (nSPS) is 37.6. The molecule has 3 atom stereocenters. The first-order chi connectivity index (χ1) is 7.46. The van der Waals surface area contributed by atoms with Crippen LogP contribution in [0.25, 0.3) is 0 Å². The van der Waals surface area contributed by atoms with Gasteiger partial charge in [-0.25, -0.2) is 8.42 Å². The SMILES string of the molecule is O=C(O)C1CC(CC2CCS(=O)(=O)C2)CN1. The molecule has 2 fully saturated rings. The Morgan fingerprint density at radius 1 is 1.38 bits per heavy atom. The number of nitrogens with one attached hydrogen (secondary N) is 1. The fourth-order valence-corrected chi connectivity index (χ4v) is 4.59. The van der Waals surface area contributed by atoms with Crippen LogP contribution >= 0.6 is 0 Å². The minimum Gasteiger partial charge on any atom is -0.480 e. The molecule has 2 aliphatic heterocycles. The van der Waals surface area contributed by atoms with E-state index in [-0.39, 0.29) is 5.92 Å². The largest absolute Gasteiger partial charge is 0.480 e. The predicted molar refractivity (Wildman–Crippen MR) is 58.9 cm³/mol. The molecule has 5 nitrogen and oxygen atoms in total. The third-order valence-electron chi connectivity index (χ3n) is 3.51. The van der Waals surface area contributed by atoms with Crippen molar-refractivity contribution < 1.29 is 18.3 Å². The van der Waals surface area contributed by atoms with E-state index in [9.17, 15) is 13.2 Å². The summed E-state index contributed by atoms with van der Waals surface area (Å²) in [6.45, 7) is 0.702. The van der Waals surface area contributed by atoms with Gasteiger partial charge in [-0.15, -0.1) is 0 Å². The van der Waals surface area contributed by atoms with Crippen LogP contribution in [0.5, 0.6) is 0 Å². The Balaban J connectivity index is 1.82. The van der Waals surface area contributed by atoms with Crippen LogP contribution in [-0.2, 0) is 14.6 Å². The highest BCUT2D eigenvalue weighted by Crippen LogP contribution is 2.29. The quantitative estimate of drug-likeness (QED) is 0.726. The Kier molecular flexibility index (Phi) is 3.21. The molecule has 0 aliphatic carbocycles. The smallest absolute Gasteiger partial charge is 0.320 e. The number of carbonyl (C=O) groups is 1. The van der Waals surface area contributed by atoms with Gasteiger partial charge >= 0.3 is 5.97 Å². The summed E-state index contributed by atoms with van der Waals surface area (Å²) in [6, 6.07) is -0.442. The standard InChI is InChI=1S/C10H17NO4S/c12-10(13)9-4-8(5-11-9)3-7-1-2-16(14,15)6-7/h7-9,11H,1-6H2,(H,12,13). The Labute approximate surface area is 95.1 Å². The Morgan fingerprint density at radius 2 is 2.12 bits per heavy atom. The average molecular weight is 247 g/mol. The van der Waals surface area contributed by atoms with Crippen LogP contribution in [0.15, 0.2) is 0 Å². The Bertz CT molecular complexity index is 378. The highest BCUT2D eigenvalue weighted by atomic mass is 32.2. The molecule has 2 saturated heterocycles. The van der Waals surface area contributed by atoms with E-state index in [0.717, 1.165) is 12.8 Å². The maximum Gasteiger partial charge on any atom is 0.320 e. The number of rotatable bonds is 3. The predicted octanol–water partition coefficient (Wildman–Crippen LogP) is -0.126. The van der Waals surface area contributed by atoms with Gasteiger partial charge in [-0.05, 0) is 37.6 Å². The molecule has 0 amide bonds. The van der Waals surface area contributed by atoms with Gasteiger partial charge in [0.15, 0.2) is 9.84 Å². The van der Waals surface area contributed by atoms with Crippen molar-refractivity contribution in [3.8, 4) is 0 Å². The summed E-state index contributed by atoms with van der Waals surface area (Å²) in [6.07, 6.45) is 2.22. The number of hydrogen-bond donors (Lipinski definition) is 2. The molecule has 0 aromatic rings. The molecule has 0 aromatic heterocycles. The van der Waals surface area contributed by atoms with Crippen molar-refractivity contribution in [3.63, 3.8) is 0 Å². The van der Waals surface area contributed by atoms with E-state index in [4.69, 9.17) is 5.11 Å². The van der Waals surface area contributed by atoms with Crippen molar-refractivity contribution in [1.82, 2.24) is 5.32 Å². The number of carboxylic acid groups (broad SMARTS) is 1. The lowest BCUT2D eigenvalue weighted by Gasteiger charge is -2.12. The van der Waals surface area contributed by atoms with Gasteiger partial charge in [-0.1, -0.05) is 0 Å². The van der Waals surface area contributed by atoms with E-state index >= 15 is 0 Å². The Morgan fingerprint density at radius 3 is 2.62 bits per heavy atom. The van der Waals surface area contributed by atoms with Crippen molar-refractivity contribution in [2.75, 3.05) is 18.1 Å². The molecule has 0 aromatic carbocycles. The van der Waals surface area contributed by atoms with Gasteiger partial charge in [-0.3, -0.25) is 4.79 Å². The molecule has 0 bridgehead atoms. The lowest BCUT2D eigenvalue weighted by Crippen LogP contribution is -2.29. The molecule has 3 unspecified atom stereocenters. The summed E-state index contributed by atoms with van der Waals surface area (Å²) < 4.78 is 22.6. The molecular weight excluding hydrogens is 230 g/mol. The lowest BCUT2D eigenvalue weighted by atomic mass is 9.92. The second-order valence-electron chi connectivity index (χ2n) is 4.91. The van der Waals surface area contributed by atoms with E-state index in [2.05, 4.69) is 5.32 Å². The summed E-state index contributed by atoms with van der Waals surface area (Å²) >= 11 is 0. The zero-order chi connectivity index (χ0) is 11.8. The fourth-order valence-electron chi connectivity index (χ4n) is 2.71. The minimum atomic E-state index is -2.80. The highest BCUT2D eigenvalue weighted by molar-refractivity contribution is 7.91. The first-order valence-electron chi connectivity index (χ1n) is 5.63. The molecule has 16 heavy (non-hydrogen) atoms. The van der Waals surface area contributed by atoms with Crippen molar-refractivity contribution in [1.29, 1.82) is 0 Å². The van der Waals surface area contributed by atoms with E-state index < -0.39 is 21.8 Å². The summed E-state index contributed by atoms with van der Waals surface area (Å²) in [5.74, 6) is 0.354. The monoisotopic (exact) mass is 247 g/mol. The molecule has 2 heterocycles. The van der Waals surface area contributed by atoms with Crippen LogP contribution in [-0.4, -0.2) is 43.6 Å². The third-order valence-corrected chi connectivity index (χ3v) is 5.35. The van der Waals surface area contributed by atoms with Crippen LogP contribution in [0, 0.1) is 11.8 Å². The summed E-state index contributed by atoms with van der Waals surface area (Å²) in [4.78, 5) is 10.7. The van der Waals surface area contributed by atoms with E-state index in [1.807, 2.05) is 0 Å². The molecule has 0 saturated carbocycles. The van der Waals surface area contributed by atoms with Gasteiger partial charge in [-0.2, -0.15) is 0 Å². The second-order valence-corrected chi connectivity index (χ2v) is 7.13. The molecular formula is C10H17NO4S. The van der Waals surface area contributed by atoms with Crippen molar-refractivity contribution in [3.05, 3.63) is 0 Å². The minimum absolute atomic E-state index is 0.240. The molecule has 0 spiro atoms. The van der Waals surface area contributed by atoms with E-state index in [1.165, 1.54) is 0 Å². The van der Waals surface area contributed by atoms with Crippen LogP contribution in [0.2, 0.25) is 0 Å². The molecule has 2 rings (SSSR count). The first kappa shape index (κ1) is 11.9. The topological polar surface area (TPSA) is 83.5 Å². The first-order valence-corrected chi connectivity index (χ1v) is 7.45. The number of sulfone groups is 1. The summed E-state index contributed by atoms with van der Waals surface area (Å²) in [5, 5.41) is 11.8. The highest BCUT2D eigenvalue weighted by Gasteiger charge is 2.34. The maximum absolute atomic E-state index is 11.3. The molecule has 2 N–H and O–H groups in total. The Hall–Kier alpha value is -0.620. The van der Waals surface area contributed by atoms with Crippen LogP contribution < -0.4 is 5.32 Å². The molecule has 2 aliphatic rings. The van der Waals surface area contributed by atoms with Crippen molar-refractivity contribution >= 4 is 15.8 Å². The third kappa shape index (κ3) is 2.74. The summed E-state index contributed by atoms with van der Waals surface area (Å²) in [5.41, 5.74) is 0. The van der Waals surface area contributed by atoms with Gasteiger partial charge in [0.05, 0.1) is 11.5 Å². The van der Waals surface area contributed by atoms with Crippen LogP contribution in [0.3, 0.4) is 0 Å². The van der Waals surface area contributed by atoms with Crippen molar-refractivity contribution in [2.24, 2.45) is 11.8 Å². The maximum atomic E-state index is 11.3. The average Bonchev–Trinajstić information content (AvgIpc) is 2.73. The van der Waals surface area contributed by atoms with Gasteiger partial charge in [0.1, 0.15) is 6.04 Å². The number of carboxylic acids is 1. The van der Waals surface area contributed by atoms with Crippen LogP contribution in [0.4, 0.5) is 0 Å². The number of aliphatic carboxylic acids is 1. The van der Waals surface area contributed by atoms with Gasteiger partial charge in [0.25, 0.3) is 0 Å². The molecule has 6 heteroatoms. The van der Waals surface area contributed by atoms with Gasteiger partial charge in [0.2, 0.25) is 0 Å². The van der Waals surface area contributed by atoms with Crippen LogP contribution in [0.1, 0.15) is 19.3 Å². The fraction of sp³-hybridized carbons (Fsp3) is 0.900. The summed E-state index contributed by atoms with van der Waals surface area (Å²) in [7, 11) is -2.80.